The fraction of sp³-hybridized carbons (Fsp3) is 0.438. The number of benzene rings is 1. The van der Waals surface area contributed by atoms with E-state index in [4.69, 9.17) is 0 Å². The molecule has 2 heterocycles. The Morgan fingerprint density at radius 3 is 2.36 bits per heavy atom. The van der Waals surface area contributed by atoms with Crippen molar-refractivity contribution in [3.05, 3.63) is 24.3 Å². The minimum absolute atomic E-state index is 0.112. The van der Waals surface area contributed by atoms with E-state index in [1.807, 2.05) is 0 Å². The van der Waals surface area contributed by atoms with E-state index in [0.29, 0.717) is 18.8 Å². The lowest BCUT2D eigenvalue weighted by atomic mass is 10.3. The summed E-state index contributed by atoms with van der Waals surface area (Å²) in [5.41, 5.74) is 0.310. The fourth-order valence-electron chi connectivity index (χ4n) is 2.96. The normalized spacial score (nSPS) is 18.8. The Hall–Kier alpha value is -2.26. The van der Waals surface area contributed by atoms with Gasteiger partial charge in [0.2, 0.25) is 27.7 Å². The molecular weight excluding hydrogens is 346 g/mol. The van der Waals surface area contributed by atoms with Crippen LogP contribution in [-0.2, 0) is 24.4 Å². The number of carbonyl (C=O) groups is 3. The van der Waals surface area contributed by atoms with E-state index in [9.17, 15) is 22.8 Å². The molecule has 0 spiro atoms. The van der Waals surface area contributed by atoms with Crippen LogP contribution in [0.3, 0.4) is 0 Å². The molecule has 0 atom stereocenters. The molecule has 0 aromatic heterocycles. The predicted octanol–water partition coefficient (Wildman–Crippen LogP) is 0.559. The van der Waals surface area contributed by atoms with E-state index in [1.165, 1.54) is 16.4 Å². The van der Waals surface area contributed by atoms with Gasteiger partial charge in [0.05, 0.1) is 4.90 Å². The number of likely N-dealkylation sites (tertiary alicyclic amines) is 1. The Kier molecular flexibility index (Phi) is 4.87. The minimum Gasteiger partial charge on any atom is -0.324 e. The summed E-state index contributed by atoms with van der Waals surface area (Å²) in [6, 6.07) is 5.98. The summed E-state index contributed by atoms with van der Waals surface area (Å²) in [4.78, 5) is 36.2. The first kappa shape index (κ1) is 17.6. The van der Waals surface area contributed by atoms with Crippen LogP contribution in [0.5, 0.6) is 0 Å². The molecule has 9 heteroatoms. The second-order valence-electron chi connectivity index (χ2n) is 6.06. The predicted molar refractivity (Wildman–Crippen MR) is 89.0 cm³/mol. The van der Waals surface area contributed by atoms with Gasteiger partial charge in [-0.25, -0.2) is 8.42 Å². The molecule has 25 heavy (non-hydrogen) atoms. The molecule has 1 aromatic rings. The second kappa shape index (κ2) is 6.93. The maximum Gasteiger partial charge on any atom is 0.244 e. The third-order valence-electron chi connectivity index (χ3n) is 4.28. The average molecular weight is 365 g/mol. The number of hydrogen-bond donors (Lipinski definition) is 1. The van der Waals surface area contributed by atoms with Crippen LogP contribution in [0.25, 0.3) is 0 Å². The van der Waals surface area contributed by atoms with E-state index >= 15 is 0 Å². The van der Waals surface area contributed by atoms with Crippen LogP contribution in [0.15, 0.2) is 29.2 Å². The van der Waals surface area contributed by atoms with Crippen molar-refractivity contribution in [3.8, 4) is 0 Å². The summed E-state index contributed by atoms with van der Waals surface area (Å²) in [6.07, 6.45) is 1.92. The molecule has 2 saturated heterocycles. The maximum atomic E-state index is 12.6. The van der Waals surface area contributed by atoms with E-state index in [1.54, 1.807) is 12.1 Å². The van der Waals surface area contributed by atoms with Gasteiger partial charge in [-0.3, -0.25) is 19.3 Å². The molecule has 134 valence electrons. The topological polar surface area (TPSA) is 104 Å². The lowest BCUT2D eigenvalue weighted by Gasteiger charge is -2.17. The average Bonchev–Trinajstić information content (AvgIpc) is 3.21. The number of anilines is 1. The van der Waals surface area contributed by atoms with Crippen molar-refractivity contribution in [2.75, 3.05) is 25.0 Å². The van der Waals surface area contributed by atoms with Gasteiger partial charge in [-0.05, 0) is 31.0 Å². The zero-order chi connectivity index (χ0) is 18.0. The molecule has 3 amide bonds. The van der Waals surface area contributed by atoms with Gasteiger partial charge in [0.25, 0.3) is 0 Å². The van der Waals surface area contributed by atoms with Gasteiger partial charge in [0.1, 0.15) is 6.54 Å². The molecule has 2 aliphatic heterocycles. The number of rotatable bonds is 5. The molecule has 1 aromatic carbocycles. The lowest BCUT2D eigenvalue weighted by molar-refractivity contribution is -0.141. The fourth-order valence-corrected chi connectivity index (χ4v) is 4.52. The highest BCUT2D eigenvalue weighted by atomic mass is 32.2. The first-order chi connectivity index (χ1) is 11.9. The van der Waals surface area contributed by atoms with Crippen LogP contribution < -0.4 is 5.32 Å². The van der Waals surface area contributed by atoms with Crippen molar-refractivity contribution in [3.63, 3.8) is 0 Å². The number of carbonyl (C=O) groups excluding carboxylic acids is 3. The van der Waals surface area contributed by atoms with Crippen LogP contribution >= 0.6 is 0 Å². The molecule has 0 unspecified atom stereocenters. The van der Waals surface area contributed by atoms with Crippen molar-refractivity contribution in [2.24, 2.45) is 0 Å². The van der Waals surface area contributed by atoms with Crippen molar-refractivity contribution >= 4 is 33.4 Å². The Balaban J connectivity index is 1.70. The summed E-state index contributed by atoms with van der Waals surface area (Å²) in [6.45, 7) is 0.636. The number of hydrogen-bond acceptors (Lipinski definition) is 5. The Bertz CT molecular complexity index is 799. The summed E-state index contributed by atoms with van der Waals surface area (Å²) in [5, 5.41) is 2.54. The lowest BCUT2D eigenvalue weighted by Crippen LogP contribution is -2.36. The van der Waals surface area contributed by atoms with E-state index in [2.05, 4.69) is 5.32 Å². The third-order valence-corrected chi connectivity index (χ3v) is 6.17. The molecule has 0 radical (unpaired) electrons. The molecule has 0 bridgehead atoms. The first-order valence-corrected chi connectivity index (χ1v) is 9.55. The van der Waals surface area contributed by atoms with Gasteiger partial charge in [0, 0.05) is 31.6 Å². The Morgan fingerprint density at radius 2 is 1.72 bits per heavy atom. The molecular formula is C16H19N3O5S. The summed E-state index contributed by atoms with van der Waals surface area (Å²) >= 11 is 0. The van der Waals surface area contributed by atoms with Crippen molar-refractivity contribution in [1.82, 2.24) is 9.21 Å². The molecule has 0 aliphatic carbocycles. The van der Waals surface area contributed by atoms with Gasteiger partial charge in [-0.15, -0.1) is 0 Å². The smallest absolute Gasteiger partial charge is 0.244 e. The van der Waals surface area contributed by atoms with Crippen LogP contribution in [0.4, 0.5) is 5.69 Å². The van der Waals surface area contributed by atoms with E-state index in [-0.39, 0.29) is 36.1 Å². The number of nitrogens with one attached hydrogen (secondary N) is 1. The zero-order valence-corrected chi connectivity index (χ0v) is 14.4. The number of nitrogens with zero attached hydrogens (tertiary/aromatic N) is 2. The van der Waals surface area contributed by atoms with Crippen LogP contribution in [0, 0.1) is 0 Å². The van der Waals surface area contributed by atoms with Crippen molar-refractivity contribution < 1.29 is 22.8 Å². The van der Waals surface area contributed by atoms with Crippen LogP contribution in [-0.4, -0.2) is 55.0 Å². The SMILES string of the molecule is O=C(CN1C(=O)CCC1=O)Nc1cccc(S(=O)(=O)N2CCCC2)c1. The summed E-state index contributed by atoms with van der Waals surface area (Å²) in [5.74, 6) is -1.28. The van der Waals surface area contributed by atoms with Gasteiger partial charge < -0.3 is 5.32 Å². The Morgan fingerprint density at radius 1 is 1.08 bits per heavy atom. The highest BCUT2D eigenvalue weighted by Gasteiger charge is 2.31. The maximum absolute atomic E-state index is 12.6. The quantitative estimate of drug-likeness (QED) is 0.768. The highest BCUT2D eigenvalue weighted by Crippen LogP contribution is 2.23. The van der Waals surface area contributed by atoms with Gasteiger partial charge in [0.15, 0.2) is 0 Å². The number of sulfonamides is 1. The molecule has 1 N–H and O–H groups in total. The number of imide groups is 1. The largest absolute Gasteiger partial charge is 0.324 e. The van der Waals surface area contributed by atoms with Gasteiger partial charge in [-0.1, -0.05) is 6.07 Å². The molecule has 8 nitrogen and oxygen atoms in total. The van der Waals surface area contributed by atoms with E-state index in [0.717, 1.165) is 17.7 Å². The molecule has 0 saturated carbocycles. The van der Waals surface area contributed by atoms with Gasteiger partial charge >= 0.3 is 0 Å². The van der Waals surface area contributed by atoms with Crippen LogP contribution in [0.1, 0.15) is 25.7 Å². The van der Waals surface area contributed by atoms with Crippen molar-refractivity contribution in [1.29, 1.82) is 0 Å². The Labute approximate surface area is 145 Å². The van der Waals surface area contributed by atoms with Crippen molar-refractivity contribution in [2.45, 2.75) is 30.6 Å². The molecule has 3 rings (SSSR count). The summed E-state index contributed by atoms with van der Waals surface area (Å²) in [7, 11) is -3.57. The van der Waals surface area contributed by atoms with Crippen LogP contribution in [0.2, 0.25) is 0 Å². The number of amides is 3. The van der Waals surface area contributed by atoms with Gasteiger partial charge in [-0.2, -0.15) is 4.31 Å². The standard InChI is InChI=1S/C16H19N3O5S/c20-14(11-19-15(21)6-7-16(19)22)17-12-4-3-5-13(10-12)25(23,24)18-8-1-2-9-18/h3-5,10H,1-2,6-9,11H2,(H,17,20). The van der Waals surface area contributed by atoms with E-state index < -0.39 is 15.9 Å². The third kappa shape index (κ3) is 3.72. The molecule has 2 fully saturated rings. The summed E-state index contributed by atoms with van der Waals surface area (Å²) < 4.78 is 26.5. The molecule has 2 aliphatic rings. The monoisotopic (exact) mass is 365 g/mol. The zero-order valence-electron chi connectivity index (χ0n) is 13.6. The minimum atomic E-state index is -3.57. The second-order valence-corrected chi connectivity index (χ2v) is 8.00. The first-order valence-electron chi connectivity index (χ1n) is 8.11. The highest BCUT2D eigenvalue weighted by molar-refractivity contribution is 7.89.